The van der Waals surface area contributed by atoms with Gasteiger partial charge in [0.2, 0.25) is 0 Å². The topological polar surface area (TPSA) is 30.5 Å². The molecule has 3 nitrogen and oxygen atoms in total. The Kier molecular flexibility index (Phi) is 6.28. The SMILES string of the molecule is CCCOc1c(CNCc2cccc(C)c2)cccc1OC. The van der Waals surface area contributed by atoms with Crippen LogP contribution in [0.1, 0.15) is 30.0 Å². The van der Waals surface area contributed by atoms with Gasteiger partial charge in [-0.1, -0.05) is 48.9 Å². The lowest BCUT2D eigenvalue weighted by molar-refractivity contribution is 0.290. The smallest absolute Gasteiger partial charge is 0.165 e. The molecule has 0 spiro atoms. The third-order valence-corrected chi connectivity index (χ3v) is 3.46. The van der Waals surface area contributed by atoms with Crippen LogP contribution in [-0.2, 0) is 13.1 Å². The molecule has 0 heterocycles. The van der Waals surface area contributed by atoms with E-state index in [4.69, 9.17) is 9.47 Å². The molecule has 0 aliphatic heterocycles. The van der Waals surface area contributed by atoms with E-state index in [2.05, 4.69) is 49.5 Å². The van der Waals surface area contributed by atoms with Crippen molar-refractivity contribution >= 4 is 0 Å². The first-order valence-corrected chi connectivity index (χ1v) is 7.79. The van der Waals surface area contributed by atoms with Crippen LogP contribution in [0.3, 0.4) is 0 Å². The van der Waals surface area contributed by atoms with Gasteiger partial charge >= 0.3 is 0 Å². The Morgan fingerprint density at radius 3 is 2.59 bits per heavy atom. The van der Waals surface area contributed by atoms with Gasteiger partial charge < -0.3 is 14.8 Å². The molecule has 2 rings (SSSR count). The van der Waals surface area contributed by atoms with E-state index in [1.807, 2.05) is 12.1 Å². The maximum absolute atomic E-state index is 5.87. The first kappa shape index (κ1) is 16.4. The van der Waals surface area contributed by atoms with Gasteiger partial charge in [-0.25, -0.2) is 0 Å². The van der Waals surface area contributed by atoms with Gasteiger partial charge in [0.05, 0.1) is 13.7 Å². The van der Waals surface area contributed by atoms with Gasteiger partial charge in [-0.2, -0.15) is 0 Å². The fraction of sp³-hybridized carbons (Fsp3) is 0.368. The summed E-state index contributed by atoms with van der Waals surface area (Å²) in [6.07, 6.45) is 0.980. The van der Waals surface area contributed by atoms with Crippen molar-refractivity contribution in [3.05, 3.63) is 59.2 Å². The van der Waals surface area contributed by atoms with Crippen molar-refractivity contribution in [2.24, 2.45) is 0 Å². The van der Waals surface area contributed by atoms with Crippen LogP contribution in [-0.4, -0.2) is 13.7 Å². The maximum Gasteiger partial charge on any atom is 0.165 e. The summed E-state index contributed by atoms with van der Waals surface area (Å²) >= 11 is 0. The van der Waals surface area contributed by atoms with Crippen LogP contribution in [0.15, 0.2) is 42.5 Å². The van der Waals surface area contributed by atoms with Crippen molar-refractivity contribution in [3.8, 4) is 11.5 Å². The molecule has 0 bridgehead atoms. The molecule has 0 unspecified atom stereocenters. The fourth-order valence-electron chi connectivity index (χ4n) is 2.39. The molecular weight excluding hydrogens is 274 g/mol. The van der Waals surface area contributed by atoms with E-state index >= 15 is 0 Å². The second kappa shape index (κ2) is 8.44. The minimum absolute atomic E-state index is 0.700. The highest BCUT2D eigenvalue weighted by molar-refractivity contribution is 5.46. The first-order chi connectivity index (χ1) is 10.7. The van der Waals surface area contributed by atoms with E-state index in [1.165, 1.54) is 11.1 Å². The Labute approximate surface area is 133 Å². The van der Waals surface area contributed by atoms with Crippen LogP contribution in [0.5, 0.6) is 11.5 Å². The third kappa shape index (κ3) is 4.50. The van der Waals surface area contributed by atoms with Crippen molar-refractivity contribution in [2.45, 2.75) is 33.4 Å². The molecule has 0 aliphatic carbocycles. The highest BCUT2D eigenvalue weighted by atomic mass is 16.5. The number of methoxy groups -OCH3 is 1. The second-order valence-electron chi connectivity index (χ2n) is 5.39. The lowest BCUT2D eigenvalue weighted by Crippen LogP contribution is -2.14. The summed E-state index contributed by atoms with van der Waals surface area (Å²) in [6, 6.07) is 14.6. The molecule has 1 N–H and O–H groups in total. The lowest BCUT2D eigenvalue weighted by Gasteiger charge is -2.15. The molecular formula is C19H25NO2. The van der Waals surface area contributed by atoms with Gasteiger partial charge in [-0.15, -0.1) is 0 Å². The van der Waals surface area contributed by atoms with Crippen LogP contribution < -0.4 is 14.8 Å². The number of benzene rings is 2. The van der Waals surface area contributed by atoms with Crippen molar-refractivity contribution < 1.29 is 9.47 Å². The second-order valence-corrected chi connectivity index (χ2v) is 5.39. The van der Waals surface area contributed by atoms with Crippen LogP contribution >= 0.6 is 0 Å². The van der Waals surface area contributed by atoms with Gasteiger partial charge in [-0.3, -0.25) is 0 Å². The Morgan fingerprint density at radius 2 is 1.86 bits per heavy atom. The van der Waals surface area contributed by atoms with Crippen LogP contribution in [0, 0.1) is 6.92 Å². The van der Waals surface area contributed by atoms with Crippen LogP contribution in [0.25, 0.3) is 0 Å². The molecule has 0 aromatic heterocycles. The minimum Gasteiger partial charge on any atom is -0.493 e. The van der Waals surface area contributed by atoms with Gasteiger partial charge in [0.1, 0.15) is 0 Å². The highest BCUT2D eigenvalue weighted by Crippen LogP contribution is 2.31. The zero-order chi connectivity index (χ0) is 15.8. The molecule has 22 heavy (non-hydrogen) atoms. The van der Waals surface area contributed by atoms with Crippen molar-refractivity contribution in [1.29, 1.82) is 0 Å². The van der Waals surface area contributed by atoms with Crippen molar-refractivity contribution in [1.82, 2.24) is 5.32 Å². The predicted molar refractivity (Wildman–Crippen MR) is 90.5 cm³/mol. The van der Waals surface area contributed by atoms with E-state index in [0.29, 0.717) is 6.61 Å². The number of para-hydroxylation sites is 1. The van der Waals surface area contributed by atoms with E-state index in [9.17, 15) is 0 Å². The molecule has 0 saturated carbocycles. The van der Waals surface area contributed by atoms with Crippen LogP contribution in [0.2, 0.25) is 0 Å². The number of rotatable bonds is 8. The zero-order valence-corrected chi connectivity index (χ0v) is 13.7. The molecule has 2 aromatic carbocycles. The molecule has 0 atom stereocenters. The fourth-order valence-corrected chi connectivity index (χ4v) is 2.39. The molecule has 0 radical (unpaired) electrons. The average molecular weight is 299 g/mol. The number of hydrogen-bond donors (Lipinski definition) is 1. The van der Waals surface area contributed by atoms with Crippen molar-refractivity contribution in [2.75, 3.05) is 13.7 Å². The summed E-state index contributed by atoms with van der Waals surface area (Å²) in [4.78, 5) is 0. The van der Waals surface area contributed by atoms with E-state index in [-0.39, 0.29) is 0 Å². The maximum atomic E-state index is 5.87. The standard InChI is InChI=1S/C19H25NO2/c1-4-11-22-19-17(9-6-10-18(19)21-3)14-20-13-16-8-5-7-15(2)12-16/h5-10,12,20H,4,11,13-14H2,1-3H3. The van der Waals surface area contributed by atoms with Gasteiger partial charge in [0.25, 0.3) is 0 Å². The summed E-state index contributed by atoms with van der Waals surface area (Å²) in [5.41, 5.74) is 3.70. The van der Waals surface area contributed by atoms with E-state index in [1.54, 1.807) is 7.11 Å². The molecule has 118 valence electrons. The quantitative estimate of drug-likeness (QED) is 0.796. The largest absolute Gasteiger partial charge is 0.493 e. The summed E-state index contributed by atoms with van der Waals surface area (Å²) in [5, 5.41) is 3.48. The van der Waals surface area contributed by atoms with E-state index < -0.39 is 0 Å². The van der Waals surface area contributed by atoms with E-state index in [0.717, 1.165) is 36.6 Å². The van der Waals surface area contributed by atoms with Crippen molar-refractivity contribution in [3.63, 3.8) is 0 Å². The number of ether oxygens (including phenoxy) is 2. The molecule has 2 aromatic rings. The molecule has 0 amide bonds. The Hall–Kier alpha value is -2.00. The number of nitrogens with one attached hydrogen (secondary N) is 1. The summed E-state index contributed by atoms with van der Waals surface area (Å²) in [5.74, 6) is 1.65. The lowest BCUT2D eigenvalue weighted by atomic mass is 10.1. The minimum atomic E-state index is 0.700. The molecule has 0 saturated heterocycles. The Morgan fingerprint density at radius 1 is 1.05 bits per heavy atom. The third-order valence-electron chi connectivity index (χ3n) is 3.46. The summed E-state index contributed by atoms with van der Waals surface area (Å²) in [7, 11) is 1.68. The first-order valence-electron chi connectivity index (χ1n) is 7.79. The Balaban J connectivity index is 2.02. The summed E-state index contributed by atoms with van der Waals surface area (Å²) < 4.78 is 11.3. The van der Waals surface area contributed by atoms with Gasteiger partial charge in [0, 0.05) is 18.7 Å². The van der Waals surface area contributed by atoms with Gasteiger partial charge in [0.15, 0.2) is 11.5 Å². The summed E-state index contributed by atoms with van der Waals surface area (Å²) in [6.45, 7) is 6.51. The number of hydrogen-bond acceptors (Lipinski definition) is 3. The monoisotopic (exact) mass is 299 g/mol. The molecule has 0 fully saturated rings. The molecule has 0 aliphatic rings. The molecule has 3 heteroatoms. The number of aryl methyl sites for hydroxylation is 1. The Bertz CT molecular complexity index is 596. The normalized spacial score (nSPS) is 10.5. The predicted octanol–water partition coefficient (Wildman–Crippen LogP) is 4.08. The highest BCUT2D eigenvalue weighted by Gasteiger charge is 2.10. The van der Waals surface area contributed by atoms with Gasteiger partial charge in [-0.05, 0) is 25.0 Å². The average Bonchev–Trinajstić information content (AvgIpc) is 2.53. The zero-order valence-electron chi connectivity index (χ0n) is 13.7. The van der Waals surface area contributed by atoms with Crippen LogP contribution in [0.4, 0.5) is 0 Å².